The Morgan fingerprint density at radius 1 is 1.30 bits per heavy atom. The Hall–Kier alpha value is -1.73. The molecule has 0 radical (unpaired) electrons. The van der Waals surface area contributed by atoms with Gasteiger partial charge in [0.1, 0.15) is 5.69 Å². The van der Waals surface area contributed by atoms with Crippen LogP contribution in [0.2, 0.25) is 0 Å². The number of thiazole rings is 1. The molecule has 0 bridgehead atoms. The number of hydrogen-bond acceptors (Lipinski definition) is 5. The molecular formula is C16H19N3O2S2. The molecule has 23 heavy (non-hydrogen) atoms. The molecule has 3 rings (SSSR count). The minimum absolute atomic E-state index is 0.0518. The summed E-state index contributed by atoms with van der Waals surface area (Å²) >= 11 is 2.94. The van der Waals surface area contributed by atoms with E-state index in [1.165, 1.54) is 36.0 Å². The first-order valence-electron chi connectivity index (χ1n) is 7.71. The van der Waals surface area contributed by atoms with Crippen LogP contribution in [0.4, 0.5) is 5.13 Å². The maximum Gasteiger partial charge on any atom is 0.271 e. The monoisotopic (exact) mass is 349 g/mol. The highest BCUT2D eigenvalue weighted by Crippen LogP contribution is 2.37. The molecule has 0 aromatic carbocycles. The van der Waals surface area contributed by atoms with Crippen LogP contribution in [-0.4, -0.2) is 16.8 Å². The van der Waals surface area contributed by atoms with E-state index in [1.807, 2.05) is 11.4 Å². The number of anilines is 1. The lowest BCUT2D eigenvalue weighted by Crippen LogP contribution is -2.32. The summed E-state index contributed by atoms with van der Waals surface area (Å²) in [5, 5.41) is 9.93. The van der Waals surface area contributed by atoms with E-state index in [0.717, 1.165) is 12.8 Å². The van der Waals surface area contributed by atoms with Gasteiger partial charge in [0.15, 0.2) is 5.13 Å². The van der Waals surface area contributed by atoms with Crippen molar-refractivity contribution in [2.45, 2.75) is 38.6 Å². The molecule has 5 nitrogen and oxygen atoms in total. The maximum absolute atomic E-state index is 12.5. The third kappa shape index (κ3) is 3.97. The van der Waals surface area contributed by atoms with Gasteiger partial charge in [-0.3, -0.25) is 9.59 Å². The predicted molar refractivity (Wildman–Crippen MR) is 92.9 cm³/mol. The number of hydrogen-bond donors (Lipinski definition) is 2. The molecule has 2 aromatic rings. The summed E-state index contributed by atoms with van der Waals surface area (Å²) in [5.74, 6) is 0.128. The van der Waals surface area contributed by atoms with Gasteiger partial charge in [-0.1, -0.05) is 18.9 Å². The first kappa shape index (κ1) is 16.1. The number of nitrogens with zero attached hydrogens (tertiary/aromatic N) is 1. The number of amides is 2. The SMILES string of the molecule is CC(=O)Nc1nc(C(=O)NC(c2cccs2)C2CCCC2)cs1. The molecular weight excluding hydrogens is 330 g/mol. The van der Waals surface area contributed by atoms with E-state index in [4.69, 9.17) is 0 Å². The second kappa shape index (κ2) is 7.23. The van der Waals surface area contributed by atoms with Crippen molar-refractivity contribution in [1.29, 1.82) is 0 Å². The van der Waals surface area contributed by atoms with Crippen molar-refractivity contribution in [3.63, 3.8) is 0 Å². The number of nitrogens with one attached hydrogen (secondary N) is 2. The van der Waals surface area contributed by atoms with E-state index >= 15 is 0 Å². The van der Waals surface area contributed by atoms with Gasteiger partial charge in [-0.25, -0.2) is 4.98 Å². The Labute approximate surface area is 143 Å². The molecule has 1 aliphatic rings. The number of thiophene rings is 1. The zero-order chi connectivity index (χ0) is 16.2. The predicted octanol–water partition coefficient (Wildman–Crippen LogP) is 3.82. The molecule has 1 aliphatic carbocycles. The van der Waals surface area contributed by atoms with Gasteiger partial charge in [0.25, 0.3) is 5.91 Å². The number of carbonyl (C=O) groups excluding carboxylic acids is 2. The van der Waals surface area contributed by atoms with Crippen molar-refractivity contribution >= 4 is 39.6 Å². The van der Waals surface area contributed by atoms with Gasteiger partial charge < -0.3 is 10.6 Å². The molecule has 122 valence electrons. The molecule has 2 aromatic heterocycles. The number of aromatic nitrogens is 1. The van der Waals surface area contributed by atoms with Gasteiger partial charge in [0.2, 0.25) is 5.91 Å². The van der Waals surface area contributed by atoms with Crippen molar-refractivity contribution in [2.75, 3.05) is 5.32 Å². The van der Waals surface area contributed by atoms with E-state index in [2.05, 4.69) is 21.7 Å². The Morgan fingerprint density at radius 2 is 2.09 bits per heavy atom. The third-order valence-electron chi connectivity index (χ3n) is 4.03. The second-order valence-corrected chi connectivity index (χ2v) is 7.57. The molecule has 1 unspecified atom stereocenters. The standard InChI is InChI=1S/C16H19N3O2S2/c1-10(20)17-16-18-12(9-23-16)15(21)19-14(11-5-2-3-6-11)13-7-4-8-22-13/h4,7-9,11,14H,2-3,5-6H2,1H3,(H,19,21)(H,17,18,20). The second-order valence-electron chi connectivity index (χ2n) is 5.73. The number of rotatable bonds is 5. The summed E-state index contributed by atoms with van der Waals surface area (Å²) < 4.78 is 0. The Morgan fingerprint density at radius 3 is 2.74 bits per heavy atom. The summed E-state index contributed by atoms with van der Waals surface area (Å²) in [4.78, 5) is 29.0. The minimum Gasteiger partial charge on any atom is -0.343 e. The molecule has 0 aliphatic heterocycles. The lowest BCUT2D eigenvalue weighted by Gasteiger charge is -2.23. The van der Waals surface area contributed by atoms with Crippen LogP contribution >= 0.6 is 22.7 Å². The average molecular weight is 349 g/mol. The highest BCUT2D eigenvalue weighted by Gasteiger charge is 2.29. The molecule has 1 saturated carbocycles. The van der Waals surface area contributed by atoms with Crippen LogP contribution < -0.4 is 10.6 Å². The maximum atomic E-state index is 12.5. The van der Waals surface area contributed by atoms with Crippen LogP contribution in [0.3, 0.4) is 0 Å². The van der Waals surface area contributed by atoms with Crippen molar-refractivity contribution in [2.24, 2.45) is 5.92 Å². The van der Waals surface area contributed by atoms with Crippen molar-refractivity contribution in [1.82, 2.24) is 10.3 Å². The minimum atomic E-state index is -0.186. The van der Waals surface area contributed by atoms with Crippen LogP contribution in [0.5, 0.6) is 0 Å². The summed E-state index contributed by atoms with van der Waals surface area (Å²) in [7, 11) is 0. The van der Waals surface area contributed by atoms with Crippen LogP contribution in [0.15, 0.2) is 22.9 Å². The Kier molecular flexibility index (Phi) is 5.07. The normalized spacial score (nSPS) is 16.2. The van der Waals surface area contributed by atoms with E-state index in [0.29, 0.717) is 16.7 Å². The molecule has 7 heteroatoms. The smallest absolute Gasteiger partial charge is 0.271 e. The largest absolute Gasteiger partial charge is 0.343 e. The molecule has 0 spiro atoms. The molecule has 2 heterocycles. The van der Waals surface area contributed by atoms with Crippen LogP contribution in [-0.2, 0) is 4.79 Å². The van der Waals surface area contributed by atoms with Crippen LogP contribution in [0.25, 0.3) is 0 Å². The van der Waals surface area contributed by atoms with Gasteiger partial charge in [-0.2, -0.15) is 0 Å². The highest BCUT2D eigenvalue weighted by molar-refractivity contribution is 7.14. The molecule has 1 fully saturated rings. The first-order chi connectivity index (χ1) is 11.1. The zero-order valence-corrected chi connectivity index (χ0v) is 14.5. The molecule has 0 saturated heterocycles. The van der Waals surface area contributed by atoms with Crippen molar-refractivity contribution in [3.05, 3.63) is 33.5 Å². The summed E-state index contributed by atoms with van der Waals surface area (Å²) in [5.41, 5.74) is 0.360. The van der Waals surface area contributed by atoms with E-state index in [1.54, 1.807) is 16.7 Å². The van der Waals surface area contributed by atoms with Gasteiger partial charge in [0.05, 0.1) is 6.04 Å². The van der Waals surface area contributed by atoms with Gasteiger partial charge in [-0.05, 0) is 30.2 Å². The zero-order valence-electron chi connectivity index (χ0n) is 12.9. The van der Waals surface area contributed by atoms with E-state index in [-0.39, 0.29) is 17.9 Å². The quantitative estimate of drug-likeness (QED) is 0.862. The Bertz CT molecular complexity index is 675. The van der Waals surface area contributed by atoms with Crippen molar-refractivity contribution in [3.8, 4) is 0 Å². The summed E-state index contributed by atoms with van der Waals surface area (Å²) in [6, 6.07) is 4.15. The highest BCUT2D eigenvalue weighted by atomic mass is 32.1. The van der Waals surface area contributed by atoms with Crippen molar-refractivity contribution < 1.29 is 9.59 Å². The topological polar surface area (TPSA) is 71.1 Å². The van der Waals surface area contributed by atoms with Gasteiger partial charge in [0, 0.05) is 17.2 Å². The Balaban J connectivity index is 1.73. The fraction of sp³-hybridized carbons (Fsp3) is 0.438. The fourth-order valence-electron chi connectivity index (χ4n) is 2.98. The fourth-order valence-corrected chi connectivity index (χ4v) is 4.59. The van der Waals surface area contributed by atoms with E-state index in [9.17, 15) is 9.59 Å². The van der Waals surface area contributed by atoms with Crippen LogP contribution in [0, 0.1) is 5.92 Å². The average Bonchev–Trinajstić information content (AvgIpc) is 3.25. The molecule has 1 atom stereocenters. The lowest BCUT2D eigenvalue weighted by molar-refractivity contribution is -0.114. The molecule has 2 N–H and O–H groups in total. The number of carbonyl (C=O) groups is 2. The summed E-state index contributed by atoms with van der Waals surface area (Å²) in [6.45, 7) is 1.42. The summed E-state index contributed by atoms with van der Waals surface area (Å²) in [6.07, 6.45) is 4.76. The first-order valence-corrected chi connectivity index (χ1v) is 9.47. The van der Waals surface area contributed by atoms with Gasteiger partial charge in [-0.15, -0.1) is 22.7 Å². The molecule has 2 amide bonds. The third-order valence-corrected chi connectivity index (χ3v) is 5.74. The van der Waals surface area contributed by atoms with Crippen LogP contribution in [0.1, 0.15) is 54.0 Å². The van der Waals surface area contributed by atoms with Gasteiger partial charge >= 0.3 is 0 Å². The lowest BCUT2D eigenvalue weighted by atomic mass is 9.96. The van der Waals surface area contributed by atoms with E-state index < -0.39 is 0 Å².